The first kappa shape index (κ1) is 19.3. The number of hydrogen-bond acceptors (Lipinski definition) is 3. The summed E-state index contributed by atoms with van der Waals surface area (Å²) in [5.74, 6) is -0.700. The van der Waals surface area contributed by atoms with Crippen molar-refractivity contribution in [2.75, 3.05) is 5.32 Å². The maximum atomic E-state index is 13.1. The molecule has 0 fully saturated rings. The molecule has 7 heteroatoms. The van der Waals surface area contributed by atoms with Crippen molar-refractivity contribution in [2.45, 2.75) is 26.8 Å². The number of aromatic nitrogens is 2. The van der Waals surface area contributed by atoms with E-state index in [0.717, 1.165) is 16.9 Å². The molecule has 6 nitrogen and oxygen atoms in total. The fraction of sp³-hybridized carbons (Fsp3) is 0.190. The van der Waals surface area contributed by atoms with Crippen LogP contribution in [0.25, 0.3) is 5.69 Å². The van der Waals surface area contributed by atoms with E-state index in [0.29, 0.717) is 11.3 Å². The summed E-state index contributed by atoms with van der Waals surface area (Å²) in [7, 11) is 0. The van der Waals surface area contributed by atoms with Crippen molar-refractivity contribution in [1.29, 1.82) is 0 Å². The molecule has 0 saturated heterocycles. The molecule has 0 bridgehead atoms. The molecule has 3 rings (SSSR count). The van der Waals surface area contributed by atoms with E-state index in [4.69, 9.17) is 0 Å². The molecule has 1 unspecified atom stereocenters. The van der Waals surface area contributed by atoms with Crippen molar-refractivity contribution in [2.24, 2.45) is 0 Å². The molecule has 144 valence electrons. The molecule has 2 aromatic carbocycles. The van der Waals surface area contributed by atoms with Gasteiger partial charge in [-0.3, -0.25) is 9.59 Å². The van der Waals surface area contributed by atoms with E-state index in [1.54, 1.807) is 47.3 Å². The molecule has 1 aromatic heterocycles. The zero-order chi connectivity index (χ0) is 20.3. The van der Waals surface area contributed by atoms with E-state index in [1.165, 1.54) is 19.1 Å². The Hall–Kier alpha value is -3.48. The molecule has 0 aliphatic carbocycles. The summed E-state index contributed by atoms with van der Waals surface area (Å²) in [5, 5.41) is 9.97. The van der Waals surface area contributed by atoms with Gasteiger partial charge in [-0.2, -0.15) is 5.10 Å². The molecule has 0 aliphatic heterocycles. The monoisotopic (exact) mass is 380 g/mol. The van der Waals surface area contributed by atoms with Crippen molar-refractivity contribution < 1.29 is 14.0 Å². The minimum absolute atomic E-state index is 0.167. The first-order chi connectivity index (χ1) is 13.3. The molecular weight excluding hydrogens is 359 g/mol. The second-order valence-corrected chi connectivity index (χ2v) is 6.53. The number of anilines is 1. The normalized spacial score (nSPS) is 11.7. The Bertz CT molecular complexity index is 994. The topological polar surface area (TPSA) is 76.0 Å². The third-order valence-corrected chi connectivity index (χ3v) is 4.40. The summed E-state index contributed by atoms with van der Waals surface area (Å²) in [6.07, 6.45) is 1.70. The van der Waals surface area contributed by atoms with Gasteiger partial charge in [-0.15, -0.1) is 0 Å². The predicted molar refractivity (Wildman–Crippen MR) is 105 cm³/mol. The van der Waals surface area contributed by atoms with E-state index in [2.05, 4.69) is 15.7 Å². The fourth-order valence-electron chi connectivity index (χ4n) is 2.96. The molecule has 1 atom stereocenters. The van der Waals surface area contributed by atoms with Gasteiger partial charge in [0.15, 0.2) is 0 Å². The maximum Gasteiger partial charge on any atom is 0.251 e. The van der Waals surface area contributed by atoms with Crippen LogP contribution in [0.1, 0.15) is 41.5 Å². The van der Waals surface area contributed by atoms with Crippen LogP contribution < -0.4 is 10.6 Å². The summed E-state index contributed by atoms with van der Waals surface area (Å²) in [6.45, 7) is 5.20. The third-order valence-electron chi connectivity index (χ3n) is 4.40. The lowest BCUT2D eigenvalue weighted by molar-refractivity contribution is -0.114. The van der Waals surface area contributed by atoms with Gasteiger partial charge in [-0.25, -0.2) is 9.07 Å². The first-order valence-corrected chi connectivity index (χ1v) is 8.84. The second-order valence-electron chi connectivity index (χ2n) is 6.53. The average Bonchev–Trinajstić information content (AvgIpc) is 3.04. The van der Waals surface area contributed by atoms with Crippen LogP contribution in [-0.2, 0) is 4.79 Å². The molecule has 0 saturated carbocycles. The number of carbonyl (C=O) groups excluding carboxylic acids is 2. The van der Waals surface area contributed by atoms with Gasteiger partial charge in [0.1, 0.15) is 5.82 Å². The Morgan fingerprint density at radius 1 is 1.07 bits per heavy atom. The summed E-state index contributed by atoms with van der Waals surface area (Å²) in [5.41, 5.74) is 3.60. The van der Waals surface area contributed by atoms with E-state index >= 15 is 0 Å². The minimum Gasteiger partial charge on any atom is -0.345 e. The van der Waals surface area contributed by atoms with E-state index < -0.39 is 0 Å². The quantitative estimate of drug-likeness (QED) is 0.707. The van der Waals surface area contributed by atoms with Crippen LogP contribution in [0, 0.1) is 12.7 Å². The lowest BCUT2D eigenvalue weighted by atomic mass is 10.1. The van der Waals surface area contributed by atoms with Gasteiger partial charge in [0.2, 0.25) is 5.91 Å². The minimum atomic E-state index is -0.307. The third kappa shape index (κ3) is 4.25. The predicted octanol–water partition coefficient (Wildman–Crippen LogP) is 3.77. The van der Waals surface area contributed by atoms with Crippen molar-refractivity contribution >= 4 is 17.5 Å². The Kier molecular flexibility index (Phi) is 5.54. The largest absolute Gasteiger partial charge is 0.345 e. The highest BCUT2D eigenvalue weighted by atomic mass is 19.1. The highest BCUT2D eigenvalue weighted by Gasteiger charge is 2.17. The highest BCUT2D eigenvalue weighted by Crippen LogP contribution is 2.21. The van der Waals surface area contributed by atoms with Crippen LogP contribution >= 0.6 is 0 Å². The van der Waals surface area contributed by atoms with Gasteiger partial charge < -0.3 is 10.6 Å². The van der Waals surface area contributed by atoms with Crippen molar-refractivity contribution in [3.8, 4) is 5.69 Å². The molecule has 2 N–H and O–H groups in total. The lowest BCUT2D eigenvalue weighted by Gasteiger charge is -2.14. The Morgan fingerprint density at radius 3 is 2.32 bits per heavy atom. The van der Waals surface area contributed by atoms with E-state index in [-0.39, 0.29) is 23.7 Å². The number of carbonyl (C=O) groups is 2. The van der Waals surface area contributed by atoms with E-state index in [9.17, 15) is 14.0 Å². The van der Waals surface area contributed by atoms with Crippen LogP contribution in [0.5, 0.6) is 0 Å². The van der Waals surface area contributed by atoms with E-state index in [1.807, 2.05) is 13.8 Å². The summed E-state index contributed by atoms with van der Waals surface area (Å²) >= 11 is 0. The first-order valence-electron chi connectivity index (χ1n) is 8.84. The number of hydrogen-bond donors (Lipinski definition) is 2. The molecule has 28 heavy (non-hydrogen) atoms. The summed E-state index contributed by atoms with van der Waals surface area (Å²) in [6, 6.07) is 12.5. The van der Waals surface area contributed by atoms with Gasteiger partial charge >= 0.3 is 0 Å². The van der Waals surface area contributed by atoms with Crippen LogP contribution in [0.2, 0.25) is 0 Å². The lowest BCUT2D eigenvalue weighted by Crippen LogP contribution is -2.27. The molecular formula is C21H21FN4O2. The van der Waals surface area contributed by atoms with Crippen LogP contribution in [0.4, 0.5) is 10.1 Å². The maximum absolute atomic E-state index is 13.1. The van der Waals surface area contributed by atoms with Gasteiger partial charge in [0.25, 0.3) is 5.91 Å². The Labute approximate surface area is 162 Å². The highest BCUT2D eigenvalue weighted by molar-refractivity contribution is 5.95. The number of rotatable bonds is 5. The van der Waals surface area contributed by atoms with Crippen LogP contribution in [-0.4, -0.2) is 21.6 Å². The van der Waals surface area contributed by atoms with Crippen molar-refractivity contribution in [3.05, 3.63) is 77.4 Å². The Morgan fingerprint density at radius 2 is 1.71 bits per heavy atom. The average molecular weight is 380 g/mol. The van der Waals surface area contributed by atoms with Gasteiger partial charge in [0, 0.05) is 29.4 Å². The van der Waals surface area contributed by atoms with Crippen LogP contribution in [0.15, 0.2) is 54.7 Å². The van der Waals surface area contributed by atoms with Gasteiger partial charge in [0.05, 0.1) is 17.9 Å². The molecule has 2 amide bonds. The fourth-order valence-corrected chi connectivity index (χ4v) is 2.96. The zero-order valence-electron chi connectivity index (χ0n) is 15.9. The molecule has 0 radical (unpaired) electrons. The number of halogens is 1. The van der Waals surface area contributed by atoms with Crippen LogP contribution in [0.3, 0.4) is 0 Å². The second kappa shape index (κ2) is 8.04. The number of nitrogens with zero attached hydrogens (tertiary/aromatic N) is 2. The number of nitrogens with one attached hydrogen (secondary N) is 2. The molecule has 1 heterocycles. The molecule has 0 aliphatic rings. The zero-order valence-corrected chi connectivity index (χ0v) is 15.9. The SMILES string of the molecule is CC(=O)Nc1ccc(C(=O)NC(C)c2cnn(-c3ccc(F)cc3)c2C)cc1. The number of amides is 2. The standard InChI is InChI=1S/C21H21FN4O2/c1-13(24-21(28)16-4-8-18(9-5-16)25-15(3)27)20-12-23-26(14(20)2)19-10-6-17(22)7-11-19/h4-13H,1-3H3,(H,24,28)(H,25,27). The summed E-state index contributed by atoms with van der Waals surface area (Å²) in [4.78, 5) is 23.6. The van der Waals surface area contributed by atoms with Crippen molar-refractivity contribution in [1.82, 2.24) is 15.1 Å². The Balaban J connectivity index is 1.72. The van der Waals surface area contributed by atoms with Gasteiger partial charge in [-0.05, 0) is 62.4 Å². The molecule has 0 spiro atoms. The number of benzene rings is 2. The van der Waals surface area contributed by atoms with Gasteiger partial charge in [-0.1, -0.05) is 0 Å². The summed E-state index contributed by atoms with van der Waals surface area (Å²) < 4.78 is 14.8. The smallest absolute Gasteiger partial charge is 0.251 e. The molecule has 3 aromatic rings. The van der Waals surface area contributed by atoms with Crippen molar-refractivity contribution in [3.63, 3.8) is 0 Å².